The van der Waals surface area contributed by atoms with Crippen LogP contribution in [0.2, 0.25) is 0 Å². The Labute approximate surface area is 139 Å². The summed E-state index contributed by atoms with van der Waals surface area (Å²) in [4.78, 5) is 12.2. The number of aryl methyl sites for hydroxylation is 1. The molecule has 122 valence electrons. The van der Waals surface area contributed by atoms with Crippen LogP contribution in [-0.4, -0.2) is 22.7 Å². The largest absolute Gasteiger partial charge is 0.494 e. The third-order valence-electron chi connectivity index (χ3n) is 3.37. The summed E-state index contributed by atoms with van der Waals surface area (Å²) < 4.78 is 10.8. The number of aromatic nitrogens is 2. The van der Waals surface area contributed by atoms with Gasteiger partial charge in [-0.3, -0.25) is 10.1 Å². The van der Waals surface area contributed by atoms with Crippen LogP contribution < -0.4 is 10.1 Å². The average Bonchev–Trinajstić information content (AvgIpc) is 3.05. The number of carbonyl (C=O) groups is 1. The molecule has 0 aliphatic rings. The van der Waals surface area contributed by atoms with Crippen molar-refractivity contribution in [2.75, 3.05) is 11.9 Å². The first-order valence-electron chi connectivity index (χ1n) is 7.60. The molecule has 6 heteroatoms. The van der Waals surface area contributed by atoms with Gasteiger partial charge in [0.15, 0.2) is 0 Å². The molecule has 0 bridgehead atoms. The van der Waals surface area contributed by atoms with Gasteiger partial charge in [0.05, 0.1) is 6.61 Å². The zero-order chi connectivity index (χ0) is 16.9. The van der Waals surface area contributed by atoms with Gasteiger partial charge in [-0.15, -0.1) is 5.10 Å². The number of nitrogens with zero attached hydrogens (tertiary/aromatic N) is 2. The fourth-order valence-corrected chi connectivity index (χ4v) is 2.13. The lowest BCUT2D eigenvalue weighted by atomic mass is 10.1. The van der Waals surface area contributed by atoms with Crippen LogP contribution in [0.1, 0.15) is 22.8 Å². The number of benzene rings is 2. The predicted octanol–water partition coefficient (Wildman–Crippen LogP) is 3.70. The maximum atomic E-state index is 12.2. The van der Waals surface area contributed by atoms with Crippen molar-refractivity contribution >= 4 is 11.9 Å². The van der Waals surface area contributed by atoms with E-state index in [4.69, 9.17) is 9.15 Å². The maximum absolute atomic E-state index is 12.2. The lowest BCUT2D eigenvalue weighted by Gasteiger charge is -2.04. The van der Waals surface area contributed by atoms with Crippen LogP contribution in [0.15, 0.2) is 52.9 Å². The molecule has 3 rings (SSSR count). The van der Waals surface area contributed by atoms with E-state index in [1.165, 1.54) is 0 Å². The van der Waals surface area contributed by atoms with Crippen LogP contribution in [0.5, 0.6) is 5.75 Å². The Morgan fingerprint density at radius 2 is 1.79 bits per heavy atom. The smallest absolute Gasteiger partial charge is 0.322 e. The van der Waals surface area contributed by atoms with Crippen LogP contribution in [0, 0.1) is 6.92 Å². The van der Waals surface area contributed by atoms with Crippen LogP contribution in [0.4, 0.5) is 6.01 Å². The summed E-state index contributed by atoms with van der Waals surface area (Å²) in [7, 11) is 0. The van der Waals surface area contributed by atoms with Gasteiger partial charge >= 0.3 is 6.01 Å². The molecule has 6 nitrogen and oxygen atoms in total. The second kappa shape index (κ2) is 6.95. The molecule has 3 aromatic rings. The highest BCUT2D eigenvalue weighted by molar-refractivity contribution is 6.03. The van der Waals surface area contributed by atoms with E-state index in [2.05, 4.69) is 15.5 Å². The van der Waals surface area contributed by atoms with Crippen molar-refractivity contribution in [1.29, 1.82) is 0 Å². The number of amides is 1. The Bertz CT molecular complexity index is 823. The van der Waals surface area contributed by atoms with Crippen molar-refractivity contribution in [3.05, 3.63) is 59.7 Å². The van der Waals surface area contributed by atoms with Crippen molar-refractivity contribution < 1.29 is 13.9 Å². The molecular weight excluding hydrogens is 306 g/mol. The van der Waals surface area contributed by atoms with E-state index in [9.17, 15) is 4.79 Å². The molecule has 0 aliphatic heterocycles. The first-order valence-corrected chi connectivity index (χ1v) is 7.60. The lowest BCUT2D eigenvalue weighted by Crippen LogP contribution is -2.12. The molecule has 1 N–H and O–H groups in total. The summed E-state index contributed by atoms with van der Waals surface area (Å²) in [6.07, 6.45) is 0. The van der Waals surface area contributed by atoms with Crippen molar-refractivity contribution in [3.63, 3.8) is 0 Å². The first kappa shape index (κ1) is 15.7. The number of rotatable bonds is 5. The van der Waals surface area contributed by atoms with Gasteiger partial charge in [0.25, 0.3) is 5.91 Å². The Morgan fingerprint density at radius 3 is 2.46 bits per heavy atom. The fourth-order valence-electron chi connectivity index (χ4n) is 2.13. The first-order chi connectivity index (χ1) is 11.7. The number of hydrogen-bond donors (Lipinski definition) is 1. The minimum Gasteiger partial charge on any atom is -0.494 e. The molecule has 0 radical (unpaired) electrons. The molecule has 24 heavy (non-hydrogen) atoms. The summed E-state index contributed by atoms with van der Waals surface area (Å²) in [6, 6.07) is 14.6. The van der Waals surface area contributed by atoms with Gasteiger partial charge in [0.2, 0.25) is 5.89 Å². The molecule has 0 atom stereocenters. The maximum Gasteiger partial charge on any atom is 0.322 e. The van der Waals surface area contributed by atoms with Crippen LogP contribution in [0.3, 0.4) is 0 Å². The Hall–Kier alpha value is -3.15. The quantitative estimate of drug-likeness (QED) is 0.774. The molecule has 2 aromatic carbocycles. The van der Waals surface area contributed by atoms with E-state index < -0.39 is 0 Å². The number of hydrogen-bond acceptors (Lipinski definition) is 5. The summed E-state index contributed by atoms with van der Waals surface area (Å²) in [5.74, 6) is 0.752. The minimum atomic E-state index is -0.322. The minimum absolute atomic E-state index is 0.0597. The van der Waals surface area contributed by atoms with Gasteiger partial charge in [0, 0.05) is 11.1 Å². The Balaban J connectivity index is 1.69. The number of anilines is 1. The van der Waals surface area contributed by atoms with E-state index in [0.717, 1.165) is 11.1 Å². The highest BCUT2D eigenvalue weighted by Gasteiger charge is 2.12. The average molecular weight is 323 g/mol. The zero-order valence-electron chi connectivity index (χ0n) is 13.4. The summed E-state index contributed by atoms with van der Waals surface area (Å²) in [5, 5.41) is 10.4. The second-order valence-corrected chi connectivity index (χ2v) is 5.19. The molecule has 0 unspecified atom stereocenters. The monoisotopic (exact) mass is 323 g/mol. The van der Waals surface area contributed by atoms with Crippen molar-refractivity contribution in [2.45, 2.75) is 13.8 Å². The summed E-state index contributed by atoms with van der Waals surface area (Å²) in [6.45, 7) is 4.48. The normalized spacial score (nSPS) is 10.4. The van der Waals surface area contributed by atoms with Crippen molar-refractivity contribution in [1.82, 2.24) is 10.2 Å². The Kier molecular flexibility index (Phi) is 4.56. The van der Waals surface area contributed by atoms with Gasteiger partial charge in [0.1, 0.15) is 5.75 Å². The van der Waals surface area contributed by atoms with Crippen LogP contribution in [-0.2, 0) is 0 Å². The molecular formula is C18H17N3O3. The summed E-state index contributed by atoms with van der Waals surface area (Å²) >= 11 is 0. The standard InChI is InChI=1S/C18H17N3O3/c1-3-23-15-10-8-13(9-11-15)16(22)19-18-21-20-17(24-18)14-6-4-12(2)5-7-14/h4-11H,3H2,1-2H3,(H,19,21,22). The lowest BCUT2D eigenvalue weighted by molar-refractivity contribution is 0.102. The van der Waals surface area contributed by atoms with Gasteiger partial charge in [-0.1, -0.05) is 22.8 Å². The van der Waals surface area contributed by atoms with E-state index in [1.807, 2.05) is 38.1 Å². The molecule has 1 aromatic heterocycles. The Morgan fingerprint density at radius 1 is 1.08 bits per heavy atom. The predicted molar refractivity (Wildman–Crippen MR) is 90.0 cm³/mol. The molecule has 1 amide bonds. The SMILES string of the molecule is CCOc1ccc(C(=O)Nc2nnc(-c3ccc(C)cc3)o2)cc1. The highest BCUT2D eigenvalue weighted by atomic mass is 16.5. The molecule has 0 fully saturated rings. The highest BCUT2D eigenvalue weighted by Crippen LogP contribution is 2.20. The van der Waals surface area contributed by atoms with E-state index in [0.29, 0.717) is 23.8 Å². The molecule has 0 saturated heterocycles. The van der Waals surface area contributed by atoms with Crippen LogP contribution >= 0.6 is 0 Å². The van der Waals surface area contributed by atoms with E-state index in [1.54, 1.807) is 24.3 Å². The third kappa shape index (κ3) is 3.60. The zero-order valence-corrected chi connectivity index (χ0v) is 13.4. The van der Waals surface area contributed by atoms with Gasteiger partial charge < -0.3 is 9.15 Å². The second-order valence-electron chi connectivity index (χ2n) is 5.19. The molecule has 0 saturated carbocycles. The number of carbonyl (C=O) groups excluding carboxylic acids is 1. The number of ether oxygens (including phenoxy) is 1. The van der Waals surface area contributed by atoms with Crippen molar-refractivity contribution in [3.8, 4) is 17.2 Å². The number of nitrogens with one attached hydrogen (secondary N) is 1. The molecule has 0 spiro atoms. The molecule has 1 heterocycles. The van der Waals surface area contributed by atoms with E-state index >= 15 is 0 Å². The van der Waals surface area contributed by atoms with Gasteiger partial charge in [-0.2, -0.15) is 0 Å². The van der Waals surface area contributed by atoms with Gasteiger partial charge in [-0.05, 0) is 50.2 Å². The topological polar surface area (TPSA) is 77.2 Å². The molecule has 0 aliphatic carbocycles. The van der Waals surface area contributed by atoms with E-state index in [-0.39, 0.29) is 11.9 Å². The fraction of sp³-hybridized carbons (Fsp3) is 0.167. The van der Waals surface area contributed by atoms with Crippen molar-refractivity contribution in [2.24, 2.45) is 0 Å². The van der Waals surface area contributed by atoms with Gasteiger partial charge in [-0.25, -0.2) is 0 Å². The van der Waals surface area contributed by atoms with Crippen LogP contribution in [0.25, 0.3) is 11.5 Å². The summed E-state index contributed by atoms with van der Waals surface area (Å²) in [5.41, 5.74) is 2.42. The third-order valence-corrected chi connectivity index (χ3v) is 3.37.